The number of carbonyl (C=O) groups is 3. The van der Waals surface area contributed by atoms with Gasteiger partial charge in [-0.2, -0.15) is 0 Å². The van der Waals surface area contributed by atoms with Crippen LogP contribution >= 0.6 is 0 Å². The van der Waals surface area contributed by atoms with Crippen LogP contribution in [0, 0.1) is 17.7 Å². The molecule has 1 aromatic rings. The van der Waals surface area contributed by atoms with Gasteiger partial charge in [0.05, 0.1) is 24.2 Å². The number of hydrogen-bond donors (Lipinski definition) is 1. The minimum Gasteiger partial charge on any atom is -0.355 e. The molecule has 0 bridgehead atoms. The van der Waals surface area contributed by atoms with E-state index in [9.17, 15) is 18.8 Å². The molecule has 0 aromatic heterocycles. The topological polar surface area (TPSA) is 73.0 Å². The van der Waals surface area contributed by atoms with Crippen LogP contribution in [0.2, 0.25) is 0 Å². The molecule has 3 heterocycles. The first kappa shape index (κ1) is 21.4. The molecule has 0 radical (unpaired) electrons. The van der Waals surface area contributed by atoms with E-state index >= 15 is 0 Å². The van der Waals surface area contributed by atoms with Crippen molar-refractivity contribution >= 4 is 23.4 Å². The van der Waals surface area contributed by atoms with Crippen molar-refractivity contribution in [2.45, 2.75) is 44.6 Å². The maximum absolute atomic E-state index is 14.5. The predicted molar refractivity (Wildman–Crippen MR) is 118 cm³/mol. The Labute approximate surface area is 187 Å². The Balaban J connectivity index is 1.20. The summed E-state index contributed by atoms with van der Waals surface area (Å²) in [5.74, 6) is 0.485. The van der Waals surface area contributed by atoms with Crippen molar-refractivity contribution in [2.75, 3.05) is 44.7 Å². The van der Waals surface area contributed by atoms with Crippen molar-refractivity contribution in [1.82, 2.24) is 15.1 Å². The first-order valence-corrected chi connectivity index (χ1v) is 11.8. The molecule has 172 valence electrons. The molecular formula is C24H31FN4O3. The standard InChI is InChI=1S/C24H31FN4O3/c1-26-24(32)19-9-17-10-22(30)29(21(17)11-20(19)25)18-5-7-27(8-6-18)14-23(31)28-12-15-3-2-4-16(15)13-28/h9,11,15-16,18H,2-8,10,12-14H2,1H3,(H,26,32)/t15-,16+. The Morgan fingerprint density at radius 1 is 1.09 bits per heavy atom. The second-order valence-corrected chi connectivity index (χ2v) is 9.74. The summed E-state index contributed by atoms with van der Waals surface area (Å²) in [6.45, 7) is 3.77. The van der Waals surface area contributed by atoms with Gasteiger partial charge in [-0.05, 0) is 55.2 Å². The summed E-state index contributed by atoms with van der Waals surface area (Å²) < 4.78 is 14.5. The molecule has 0 unspecified atom stereocenters. The van der Waals surface area contributed by atoms with Crippen molar-refractivity contribution in [2.24, 2.45) is 11.8 Å². The third-order valence-electron chi connectivity index (χ3n) is 7.87. The molecule has 3 amide bonds. The normalized spacial score (nSPS) is 25.9. The monoisotopic (exact) mass is 442 g/mol. The molecule has 3 aliphatic heterocycles. The van der Waals surface area contributed by atoms with Crippen LogP contribution in [0.25, 0.3) is 0 Å². The highest BCUT2D eigenvalue weighted by Gasteiger charge is 2.39. The number of fused-ring (bicyclic) bond motifs is 2. The molecule has 32 heavy (non-hydrogen) atoms. The molecule has 0 spiro atoms. The van der Waals surface area contributed by atoms with Crippen molar-refractivity contribution in [1.29, 1.82) is 0 Å². The van der Waals surface area contributed by atoms with Gasteiger partial charge in [0.2, 0.25) is 11.8 Å². The Bertz CT molecular complexity index is 931. The van der Waals surface area contributed by atoms with Gasteiger partial charge in [0.1, 0.15) is 5.82 Å². The van der Waals surface area contributed by atoms with Crippen LogP contribution in [0.5, 0.6) is 0 Å². The summed E-state index contributed by atoms with van der Waals surface area (Å²) in [6, 6.07) is 2.82. The fourth-order valence-electron chi connectivity index (χ4n) is 6.13. The van der Waals surface area contributed by atoms with Gasteiger partial charge in [-0.25, -0.2) is 4.39 Å². The molecule has 1 aliphatic carbocycles. The second-order valence-electron chi connectivity index (χ2n) is 9.74. The van der Waals surface area contributed by atoms with Crippen LogP contribution in [-0.2, 0) is 16.0 Å². The number of hydrogen-bond acceptors (Lipinski definition) is 4. The van der Waals surface area contributed by atoms with Gasteiger partial charge in [-0.3, -0.25) is 19.3 Å². The maximum atomic E-state index is 14.5. The largest absolute Gasteiger partial charge is 0.355 e. The minimum atomic E-state index is -0.610. The number of carbonyl (C=O) groups excluding carboxylic acids is 3. The highest BCUT2D eigenvalue weighted by molar-refractivity contribution is 6.04. The molecular weight excluding hydrogens is 411 g/mol. The minimum absolute atomic E-state index is 0.00787. The van der Waals surface area contributed by atoms with E-state index in [0.717, 1.165) is 39.0 Å². The van der Waals surface area contributed by atoms with Crippen molar-refractivity contribution < 1.29 is 18.8 Å². The summed E-state index contributed by atoms with van der Waals surface area (Å²) >= 11 is 0. The molecule has 1 saturated carbocycles. The summed E-state index contributed by atoms with van der Waals surface area (Å²) in [5.41, 5.74) is 1.26. The average molecular weight is 443 g/mol. The van der Waals surface area contributed by atoms with E-state index in [-0.39, 0.29) is 29.8 Å². The summed E-state index contributed by atoms with van der Waals surface area (Å²) in [5, 5.41) is 2.44. The lowest BCUT2D eigenvalue weighted by Gasteiger charge is -2.37. The number of halogens is 1. The van der Waals surface area contributed by atoms with Crippen LogP contribution in [0.3, 0.4) is 0 Å². The number of likely N-dealkylation sites (tertiary alicyclic amines) is 2. The van der Waals surface area contributed by atoms with Crippen LogP contribution in [-0.4, -0.2) is 73.3 Å². The highest BCUT2D eigenvalue weighted by atomic mass is 19.1. The van der Waals surface area contributed by atoms with Crippen molar-refractivity contribution in [3.8, 4) is 0 Å². The lowest BCUT2D eigenvalue weighted by molar-refractivity contribution is -0.132. The van der Waals surface area contributed by atoms with Crippen molar-refractivity contribution in [3.63, 3.8) is 0 Å². The number of anilines is 1. The quantitative estimate of drug-likeness (QED) is 0.772. The fourth-order valence-corrected chi connectivity index (χ4v) is 6.13. The zero-order chi connectivity index (χ0) is 22.4. The van der Waals surface area contributed by atoms with Crippen LogP contribution in [0.4, 0.5) is 10.1 Å². The Kier molecular flexibility index (Phi) is 5.65. The van der Waals surface area contributed by atoms with Gasteiger partial charge >= 0.3 is 0 Å². The number of benzene rings is 1. The van der Waals surface area contributed by atoms with Gasteiger partial charge in [0.15, 0.2) is 0 Å². The van der Waals surface area contributed by atoms with Crippen LogP contribution in [0.1, 0.15) is 48.0 Å². The third kappa shape index (κ3) is 3.78. The van der Waals surface area contributed by atoms with Crippen LogP contribution in [0.15, 0.2) is 12.1 Å². The predicted octanol–water partition coefficient (Wildman–Crippen LogP) is 1.80. The lowest BCUT2D eigenvalue weighted by atomic mass is 10.0. The number of nitrogens with one attached hydrogen (secondary N) is 1. The number of piperidine rings is 1. The lowest BCUT2D eigenvalue weighted by Crippen LogP contribution is -2.49. The van der Waals surface area contributed by atoms with E-state index in [4.69, 9.17) is 0 Å². The highest BCUT2D eigenvalue weighted by Crippen LogP contribution is 2.38. The van der Waals surface area contributed by atoms with Gasteiger partial charge in [-0.1, -0.05) is 6.42 Å². The number of rotatable bonds is 4. The molecule has 4 aliphatic rings. The second kappa shape index (κ2) is 8.46. The zero-order valence-electron chi connectivity index (χ0n) is 18.6. The molecule has 1 aromatic carbocycles. The number of amides is 3. The average Bonchev–Trinajstić information content (AvgIpc) is 3.46. The summed E-state index contributed by atoms with van der Waals surface area (Å²) in [7, 11) is 1.46. The zero-order valence-corrected chi connectivity index (χ0v) is 18.6. The first-order valence-electron chi connectivity index (χ1n) is 11.8. The van der Waals surface area contributed by atoms with E-state index in [1.165, 1.54) is 38.4 Å². The Morgan fingerprint density at radius 3 is 2.44 bits per heavy atom. The Morgan fingerprint density at radius 2 is 1.78 bits per heavy atom. The van der Waals surface area contributed by atoms with E-state index < -0.39 is 11.7 Å². The summed E-state index contributed by atoms with van der Waals surface area (Å²) in [6.07, 6.45) is 5.52. The SMILES string of the molecule is CNC(=O)c1cc2c(cc1F)N(C1CCN(CC(=O)N3C[C@H]4CCC[C@H]4C3)CC1)C(=O)C2. The van der Waals surface area contributed by atoms with E-state index in [0.29, 0.717) is 29.6 Å². The smallest absolute Gasteiger partial charge is 0.254 e. The summed E-state index contributed by atoms with van der Waals surface area (Å²) in [4.78, 5) is 43.4. The molecule has 8 heteroatoms. The molecule has 3 fully saturated rings. The van der Waals surface area contributed by atoms with Gasteiger partial charge in [0.25, 0.3) is 5.91 Å². The molecule has 2 saturated heterocycles. The van der Waals surface area contributed by atoms with E-state index in [1.807, 2.05) is 4.90 Å². The van der Waals surface area contributed by atoms with E-state index in [1.54, 1.807) is 4.90 Å². The molecule has 5 rings (SSSR count). The molecule has 2 atom stereocenters. The Hall–Kier alpha value is -2.48. The van der Waals surface area contributed by atoms with Crippen molar-refractivity contribution in [3.05, 3.63) is 29.1 Å². The van der Waals surface area contributed by atoms with Crippen LogP contribution < -0.4 is 10.2 Å². The fraction of sp³-hybridized carbons (Fsp3) is 0.625. The van der Waals surface area contributed by atoms with Gasteiger partial charge < -0.3 is 15.1 Å². The third-order valence-corrected chi connectivity index (χ3v) is 7.87. The molecule has 7 nitrogen and oxygen atoms in total. The van der Waals surface area contributed by atoms with Gasteiger partial charge in [-0.15, -0.1) is 0 Å². The van der Waals surface area contributed by atoms with E-state index in [2.05, 4.69) is 10.2 Å². The molecule has 1 N–H and O–H groups in total. The first-order chi connectivity index (χ1) is 15.4. The number of nitrogens with zero attached hydrogens (tertiary/aromatic N) is 3. The maximum Gasteiger partial charge on any atom is 0.254 e. The van der Waals surface area contributed by atoms with Gasteiger partial charge in [0, 0.05) is 39.3 Å².